The zero-order valence-corrected chi connectivity index (χ0v) is 19.0. The van der Waals surface area contributed by atoms with Crippen LogP contribution in [0.1, 0.15) is 64.4 Å². The summed E-state index contributed by atoms with van der Waals surface area (Å²) in [5.41, 5.74) is 2.17. The average Bonchev–Trinajstić information content (AvgIpc) is 3.17. The fraction of sp³-hybridized carbons (Fsp3) is 0.565. The van der Waals surface area contributed by atoms with Crippen LogP contribution >= 0.6 is 11.3 Å². The van der Waals surface area contributed by atoms with E-state index in [-0.39, 0.29) is 24.3 Å². The summed E-state index contributed by atoms with van der Waals surface area (Å²) in [5, 5.41) is 12.4. The molecule has 1 aromatic heterocycles. The Morgan fingerprint density at radius 1 is 1.13 bits per heavy atom. The number of nitrogens with one attached hydrogen (secondary N) is 1. The molecule has 0 radical (unpaired) electrons. The second kappa shape index (κ2) is 10.7. The molecule has 1 aliphatic carbocycles. The first-order valence-electron chi connectivity index (χ1n) is 10.9. The number of aromatic nitrogens is 2. The lowest BCUT2D eigenvalue weighted by molar-refractivity contribution is -0.135. The van der Waals surface area contributed by atoms with Crippen LogP contribution in [0.5, 0.6) is 0 Å². The van der Waals surface area contributed by atoms with E-state index in [0.717, 1.165) is 36.3 Å². The molecular weight excluding hydrogens is 396 g/mol. The minimum absolute atomic E-state index is 0.125. The van der Waals surface area contributed by atoms with Crippen molar-refractivity contribution in [3.8, 4) is 10.6 Å². The SMILES string of the molecule is Cc1ccc(-c2nnc(NC(=O)CCN(C(=O)CC(C)C)C3CCCCC3)s2)cc1. The van der Waals surface area contributed by atoms with Crippen molar-refractivity contribution in [1.82, 2.24) is 15.1 Å². The number of carbonyl (C=O) groups is 2. The number of amides is 2. The molecule has 7 heteroatoms. The van der Waals surface area contributed by atoms with Crippen molar-refractivity contribution < 1.29 is 9.59 Å². The molecule has 1 fully saturated rings. The number of anilines is 1. The Morgan fingerprint density at radius 3 is 2.50 bits per heavy atom. The Kier molecular flexibility index (Phi) is 7.96. The summed E-state index contributed by atoms with van der Waals surface area (Å²) in [5.74, 6) is 0.362. The van der Waals surface area contributed by atoms with E-state index in [0.29, 0.717) is 24.0 Å². The van der Waals surface area contributed by atoms with E-state index in [4.69, 9.17) is 0 Å². The zero-order chi connectivity index (χ0) is 21.5. The van der Waals surface area contributed by atoms with Gasteiger partial charge in [-0.1, -0.05) is 74.3 Å². The first-order chi connectivity index (χ1) is 14.4. The summed E-state index contributed by atoms with van der Waals surface area (Å²) < 4.78 is 0. The Labute approximate surface area is 183 Å². The molecule has 0 atom stereocenters. The highest BCUT2D eigenvalue weighted by molar-refractivity contribution is 7.18. The number of benzene rings is 1. The lowest BCUT2D eigenvalue weighted by Gasteiger charge is -2.35. The van der Waals surface area contributed by atoms with Gasteiger partial charge in [-0.05, 0) is 25.7 Å². The smallest absolute Gasteiger partial charge is 0.227 e. The van der Waals surface area contributed by atoms with E-state index in [1.165, 1.54) is 23.3 Å². The molecule has 3 rings (SSSR count). The summed E-state index contributed by atoms with van der Waals surface area (Å²) in [6, 6.07) is 8.34. The minimum atomic E-state index is -0.125. The van der Waals surface area contributed by atoms with E-state index in [1.807, 2.05) is 36.1 Å². The number of aryl methyl sites for hydroxylation is 1. The fourth-order valence-electron chi connectivity index (χ4n) is 3.86. The van der Waals surface area contributed by atoms with Gasteiger partial charge < -0.3 is 10.2 Å². The third kappa shape index (κ3) is 6.36. The third-order valence-corrected chi connectivity index (χ3v) is 6.36. The van der Waals surface area contributed by atoms with Gasteiger partial charge in [0.2, 0.25) is 16.9 Å². The molecule has 0 unspecified atom stereocenters. The second-order valence-electron chi connectivity index (χ2n) is 8.55. The molecule has 0 saturated heterocycles. The van der Waals surface area contributed by atoms with Gasteiger partial charge in [-0.25, -0.2) is 0 Å². The molecule has 30 heavy (non-hydrogen) atoms. The van der Waals surface area contributed by atoms with Crippen LogP contribution in [-0.4, -0.2) is 39.5 Å². The zero-order valence-electron chi connectivity index (χ0n) is 18.2. The summed E-state index contributed by atoms with van der Waals surface area (Å²) in [7, 11) is 0. The van der Waals surface area contributed by atoms with Gasteiger partial charge in [0.15, 0.2) is 0 Å². The van der Waals surface area contributed by atoms with Crippen LogP contribution in [0.4, 0.5) is 5.13 Å². The van der Waals surface area contributed by atoms with Gasteiger partial charge in [0.1, 0.15) is 5.01 Å². The number of hydrogen-bond donors (Lipinski definition) is 1. The van der Waals surface area contributed by atoms with Crippen LogP contribution in [0.2, 0.25) is 0 Å². The van der Waals surface area contributed by atoms with Crippen molar-refractivity contribution in [3.63, 3.8) is 0 Å². The molecule has 162 valence electrons. The van der Waals surface area contributed by atoms with E-state index < -0.39 is 0 Å². The summed E-state index contributed by atoms with van der Waals surface area (Å²) in [6.07, 6.45) is 6.46. The Bertz CT molecular complexity index is 841. The highest BCUT2D eigenvalue weighted by Gasteiger charge is 2.26. The maximum absolute atomic E-state index is 12.8. The molecule has 0 spiro atoms. The van der Waals surface area contributed by atoms with Crippen molar-refractivity contribution in [2.24, 2.45) is 5.92 Å². The van der Waals surface area contributed by atoms with Gasteiger partial charge in [0.05, 0.1) is 0 Å². The standard InChI is InChI=1S/C23H32N4O2S/c1-16(2)15-21(29)27(19-7-5-4-6-8-19)14-13-20(28)24-23-26-25-22(30-23)18-11-9-17(3)10-12-18/h9-12,16,19H,4-8,13-15H2,1-3H3,(H,24,26,28). The van der Waals surface area contributed by atoms with Gasteiger partial charge in [0.25, 0.3) is 0 Å². The van der Waals surface area contributed by atoms with Crippen LogP contribution in [0.15, 0.2) is 24.3 Å². The fourth-order valence-corrected chi connectivity index (χ4v) is 4.63. The van der Waals surface area contributed by atoms with Crippen molar-refractivity contribution in [2.75, 3.05) is 11.9 Å². The molecule has 1 aromatic carbocycles. The largest absolute Gasteiger partial charge is 0.339 e. The van der Waals surface area contributed by atoms with Gasteiger partial charge >= 0.3 is 0 Å². The van der Waals surface area contributed by atoms with Crippen LogP contribution in [0, 0.1) is 12.8 Å². The van der Waals surface area contributed by atoms with Crippen LogP contribution in [0.3, 0.4) is 0 Å². The number of rotatable bonds is 8. The van der Waals surface area contributed by atoms with E-state index >= 15 is 0 Å². The van der Waals surface area contributed by atoms with Crippen molar-refractivity contribution >= 4 is 28.3 Å². The number of nitrogens with zero attached hydrogens (tertiary/aromatic N) is 3. The molecule has 0 bridgehead atoms. The van der Waals surface area contributed by atoms with E-state index in [9.17, 15) is 9.59 Å². The van der Waals surface area contributed by atoms with Crippen LogP contribution < -0.4 is 5.32 Å². The summed E-state index contributed by atoms with van der Waals surface area (Å²) >= 11 is 1.36. The Morgan fingerprint density at radius 2 is 1.83 bits per heavy atom. The van der Waals surface area contributed by atoms with Crippen LogP contribution in [0.25, 0.3) is 10.6 Å². The maximum atomic E-state index is 12.8. The van der Waals surface area contributed by atoms with Gasteiger partial charge in [0, 0.05) is 31.0 Å². The molecule has 6 nitrogen and oxygen atoms in total. The molecule has 0 aliphatic heterocycles. The second-order valence-corrected chi connectivity index (χ2v) is 9.53. The normalized spacial score (nSPS) is 14.7. The molecule has 1 heterocycles. The predicted octanol–water partition coefficient (Wildman–Crippen LogP) is 5.05. The highest BCUT2D eigenvalue weighted by Crippen LogP contribution is 2.27. The van der Waals surface area contributed by atoms with E-state index in [1.54, 1.807) is 0 Å². The lowest BCUT2D eigenvalue weighted by atomic mass is 9.93. The quantitative estimate of drug-likeness (QED) is 0.638. The molecule has 2 amide bonds. The van der Waals surface area contributed by atoms with Gasteiger partial charge in [-0.3, -0.25) is 9.59 Å². The highest BCUT2D eigenvalue weighted by atomic mass is 32.1. The van der Waals surface area contributed by atoms with E-state index in [2.05, 4.69) is 29.4 Å². The summed E-state index contributed by atoms with van der Waals surface area (Å²) in [4.78, 5) is 27.3. The van der Waals surface area contributed by atoms with Crippen molar-refractivity contribution in [2.45, 2.75) is 71.8 Å². The number of hydrogen-bond acceptors (Lipinski definition) is 5. The molecule has 1 saturated carbocycles. The van der Waals surface area contributed by atoms with Gasteiger partial charge in [-0.15, -0.1) is 10.2 Å². The number of carbonyl (C=O) groups excluding carboxylic acids is 2. The van der Waals surface area contributed by atoms with Crippen LogP contribution in [-0.2, 0) is 9.59 Å². The Balaban J connectivity index is 1.57. The average molecular weight is 429 g/mol. The topological polar surface area (TPSA) is 75.2 Å². The molecule has 1 aliphatic rings. The van der Waals surface area contributed by atoms with Crippen molar-refractivity contribution in [3.05, 3.63) is 29.8 Å². The Hall–Kier alpha value is -2.28. The third-order valence-electron chi connectivity index (χ3n) is 5.47. The first kappa shape index (κ1) is 22.4. The molecule has 2 aromatic rings. The first-order valence-corrected chi connectivity index (χ1v) is 11.7. The molecular formula is C23H32N4O2S. The predicted molar refractivity (Wildman–Crippen MR) is 121 cm³/mol. The minimum Gasteiger partial charge on any atom is -0.339 e. The lowest BCUT2D eigenvalue weighted by Crippen LogP contribution is -2.43. The molecule has 1 N–H and O–H groups in total. The summed E-state index contributed by atoms with van der Waals surface area (Å²) in [6.45, 7) is 6.62. The van der Waals surface area contributed by atoms with Crippen molar-refractivity contribution in [1.29, 1.82) is 0 Å². The monoisotopic (exact) mass is 428 g/mol. The maximum Gasteiger partial charge on any atom is 0.227 e. The van der Waals surface area contributed by atoms with Gasteiger partial charge in [-0.2, -0.15) is 0 Å².